The molecule has 5 rings (SSSR count). The third-order valence-electron chi connectivity index (χ3n) is 6.19. The van der Waals surface area contributed by atoms with Crippen LogP contribution in [0.15, 0.2) is 0 Å². The van der Waals surface area contributed by atoms with Gasteiger partial charge in [0.25, 0.3) is 0 Å². The number of carbonyl (C=O) groups is 1. The summed E-state index contributed by atoms with van der Waals surface area (Å²) in [6.07, 6.45) is 6.09. The van der Waals surface area contributed by atoms with Crippen molar-refractivity contribution < 1.29 is 14.6 Å². The summed E-state index contributed by atoms with van der Waals surface area (Å²) in [6.45, 7) is 5.11. The fraction of sp³-hybridized carbons (Fsp3) is 0.941. The fourth-order valence-corrected chi connectivity index (χ4v) is 5.90. The Kier molecular flexibility index (Phi) is 3.04. The lowest BCUT2D eigenvalue weighted by atomic mass is 9.52. The maximum absolute atomic E-state index is 12.3. The molecule has 0 aromatic carbocycles. The first kappa shape index (κ1) is 13.9. The van der Waals surface area contributed by atoms with Crippen molar-refractivity contribution in [2.24, 2.45) is 23.7 Å². The molecular formula is C17H27NO3. The van der Waals surface area contributed by atoms with Crippen molar-refractivity contribution in [3.05, 3.63) is 0 Å². The van der Waals surface area contributed by atoms with Crippen LogP contribution in [-0.4, -0.2) is 40.4 Å². The molecule has 4 bridgehead atoms. The largest absolute Gasteiger partial charge is 0.444 e. The quantitative estimate of drug-likeness (QED) is 0.870. The van der Waals surface area contributed by atoms with E-state index in [4.69, 9.17) is 4.74 Å². The molecule has 5 aliphatic rings. The maximum Gasteiger partial charge on any atom is 0.410 e. The van der Waals surface area contributed by atoms with Crippen LogP contribution in [0.1, 0.15) is 52.4 Å². The Bertz CT molecular complexity index is 433. The molecule has 4 nitrogen and oxygen atoms in total. The summed E-state index contributed by atoms with van der Waals surface area (Å²) in [7, 11) is 0. The minimum atomic E-state index is -0.423. The van der Waals surface area contributed by atoms with E-state index < -0.39 is 5.60 Å². The van der Waals surface area contributed by atoms with E-state index in [1.54, 1.807) is 0 Å². The Morgan fingerprint density at radius 3 is 2.52 bits per heavy atom. The maximum atomic E-state index is 12.3. The number of aliphatic hydroxyl groups is 1. The van der Waals surface area contributed by atoms with Crippen molar-refractivity contribution in [3.8, 4) is 0 Å². The number of carbonyl (C=O) groups excluding carboxylic acids is 1. The highest BCUT2D eigenvalue weighted by atomic mass is 16.6. The molecule has 0 aromatic rings. The number of rotatable bonds is 3. The van der Waals surface area contributed by atoms with Gasteiger partial charge < -0.3 is 14.7 Å². The molecule has 0 aromatic heterocycles. The second kappa shape index (κ2) is 4.61. The Labute approximate surface area is 126 Å². The highest BCUT2D eigenvalue weighted by Gasteiger charge is 2.57. The molecule has 5 fully saturated rings. The molecule has 3 unspecified atom stereocenters. The van der Waals surface area contributed by atoms with E-state index in [0.29, 0.717) is 29.7 Å². The number of hydrogen-bond donors (Lipinski definition) is 1. The molecule has 21 heavy (non-hydrogen) atoms. The first-order valence-corrected chi connectivity index (χ1v) is 8.63. The highest BCUT2D eigenvalue weighted by molar-refractivity contribution is 5.70. The second-order valence-corrected chi connectivity index (χ2v) is 8.47. The lowest BCUT2D eigenvalue weighted by Crippen LogP contribution is -2.61. The van der Waals surface area contributed by atoms with Crippen LogP contribution in [0.2, 0.25) is 0 Å². The van der Waals surface area contributed by atoms with E-state index in [0.717, 1.165) is 32.2 Å². The summed E-state index contributed by atoms with van der Waals surface area (Å²) >= 11 is 0. The molecule has 4 aliphatic carbocycles. The summed E-state index contributed by atoms with van der Waals surface area (Å²) in [5.41, 5.74) is -0.423. The van der Waals surface area contributed by atoms with Gasteiger partial charge in [0.15, 0.2) is 0 Å². The van der Waals surface area contributed by atoms with Gasteiger partial charge in [-0.2, -0.15) is 0 Å². The van der Waals surface area contributed by atoms with Gasteiger partial charge in [-0.15, -0.1) is 0 Å². The van der Waals surface area contributed by atoms with Gasteiger partial charge in [0.1, 0.15) is 6.10 Å². The van der Waals surface area contributed by atoms with Gasteiger partial charge in [-0.25, -0.2) is 4.79 Å². The molecule has 1 amide bonds. The standard InChI is InChI=1S/C17H27NO3/c1-10(2)3-14-9-18(16(19)21-14)15-12-4-11-5-13(15)8-17(20,6-11)7-12/h10-15,20H,3-9H2,1-2H3. The number of amides is 1. The van der Waals surface area contributed by atoms with Crippen LogP contribution in [0.3, 0.4) is 0 Å². The van der Waals surface area contributed by atoms with Gasteiger partial charge in [0, 0.05) is 6.04 Å². The zero-order chi connectivity index (χ0) is 14.8. The average molecular weight is 293 g/mol. The smallest absolute Gasteiger partial charge is 0.410 e. The highest BCUT2D eigenvalue weighted by Crippen LogP contribution is 2.57. The first-order chi connectivity index (χ1) is 9.93. The predicted octanol–water partition coefficient (Wildman–Crippen LogP) is 2.79. The van der Waals surface area contributed by atoms with Crippen molar-refractivity contribution in [1.82, 2.24) is 4.90 Å². The monoisotopic (exact) mass is 293 g/mol. The van der Waals surface area contributed by atoms with E-state index in [9.17, 15) is 9.90 Å². The molecule has 4 saturated carbocycles. The molecule has 118 valence electrons. The van der Waals surface area contributed by atoms with Crippen LogP contribution >= 0.6 is 0 Å². The van der Waals surface area contributed by atoms with Crippen LogP contribution < -0.4 is 0 Å². The number of hydrogen-bond acceptors (Lipinski definition) is 3. The predicted molar refractivity (Wildman–Crippen MR) is 78.7 cm³/mol. The summed E-state index contributed by atoms with van der Waals surface area (Å²) in [4.78, 5) is 14.3. The Balaban J connectivity index is 1.51. The molecule has 1 saturated heterocycles. The van der Waals surface area contributed by atoms with Gasteiger partial charge in [0.05, 0.1) is 12.1 Å². The average Bonchev–Trinajstić information content (AvgIpc) is 2.66. The zero-order valence-corrected chi connectivity index (χ0v) is 13.1. The van der Waals surface area contributed by atoms with Crippen LogP contribution in [0.4, 0.5) is 4.79 Å². The van der Waals surface area contributed by atoms with Gasteiger partial charge >= 0.3 is 6.09 Å². The van der Waals surface area contributed by atoms with Crippen molar-refractivity contribution in [2.45, 2.75) is 70.1 Å². The van der Waals surface area contributed by atoms with E-state index in [1.807, 2.05) is 4.90 Å². The van der Waals surface area contributed by atoms with Crippen molar-refractivity contribution in [1.29, 1.82) is 0 Å². The zero-order valence-electron chi connectivity index (χ0n) is 13.1. The summed E-state index contributed by atoms with van der Waals surface area (Å²) in [6, 6.07) is 0.325. The normalized spacial score (nSPS) is 48.3. The first-order valence-electron chi connectivity index (χ1n) is 8.63. The van der Waals surface area contributed by atoms with Gasteiger partial charge in [-0.1, -0.05) is 13.8 Å². The molecule has 1 heterocycles. The third kappa shape index (κ3) is 2.26. The molecule has 4 heteroatoms. The molecule has 0 radical (unpaired) electrons. The minimum absolute atomic E-state index is 0.0674. The Hall–Kier alpha value is -0.770. The lowest BCUT2D eigenvalue weighted by molar-refractivity contribution is -0.152. The number of ether oxygens (including phenoxy) is 1. The van der Waals surface area contributed by atoms with Gasteiger partial charge in [0.2, 0.25) is 0 Å². The molecule has 1 aliphatic heterocycles. The van der Waals surface area contributed by atoms with Crippen molar-refractivity contribution >= 4 is 6.09 Å². The SMILES string of the molecule is CC(C)CC1CN(C2C3CC4CC2CC(O)(C4)C3)C(=O)O1. The lowest BCUT2D eigenvalue weighted by Gasteiger charge is -2.59. The Morgan fingerprint density at radius 1 is 1.29 bits per heavy atom. The fourth-order valence-electron chi connectivity index (χ4n) is 5.90. The number of cyclic esters (lactones) is 1. The van der Waals surface area contributed by atoms with E-state index in [-0.39, 0.29) is 12.2 Å². The topological polar surface area (TPSA) is 49.8 Å². The molecule has 3 atom stereocenters. The van der Waals surface area contributed by atoms with E-state index in [2.05, 4.69) is 13.8 Å². The summed E-state index contributed by atoms with van der Waals surface area (Å²) in [5.74, 6) is 2.23. The van der Waals surface area contributed by atoms with Crippen LogP contribution in [0.5, 0.6) is 0 Å². The molecule has 0 spiro atoms. The summed E-state index contributed by atoms with van der Waals surface area (Å²) < 4.78 is 5.59. The third-order valence-corrected chi connectivity index (χ3v) is 6.19. The van der Waals surface area contributed by atoms with Gasteiger partial charge in [-0.3, -0.25) is 0 Å². The molecule has 1 N–H and O–H groups in total. The second-order valence-electron chi connectivity index (χ2n) is 8.47. The Morgan fingerprint density at radius 2 is 1.95 bits per heavy atom. The van der Waals surface area contributed by atoms with Crippen LogP contribution in [0, 0.1) is 23.7 Å². The summed E-state index contributed by atoms with van der Waals surface area (Å²) in [5, 5.41) is 10.7. The molecular weight excluding hydrogens is 266 g/mol. The van der Waals surface area contributed by atoms with Crippen LogP contribution in [-0.2, 0) is 4.74 Å². The van der Waals surface area contributed by atoms with Crippen LogP contribution in [0.25, 0.3) is 0 Å². The van der Waals surface area contributed by atoms with E-state index >= 15 is 0 Å². The van der Waals surface area contributed by atoms with Gasteiger partial charge in [-0.05, 0) is 62.2 Å². The van der Waals surface area contributed by atoms with Crippen molar-refractivity contribution in [2.75, 3.05) is 6.54 Å². The van der Waals surface area contributed by atoms with Crippen molar-refractivity contribution in [3.63, 3.8) is 0 Å². The number of nitrogens with zero attached hydrogens (tertiary/aromatic N) is 1. The minimum Gasteiger partial charge on any atom is -0.444 e. The van der Waals surface area contributed by atoms with E-state index in [1.165, 1.54) is 12.8 Å².